The molecule has 7 heteroatoms. The summed E-state index contributed by atoms with van der Waals surface area (Å²) < 4.78 is 2.01. The lowest BCUT2D eigenvalue weighted by Crippen LogP contribution is -2.45. The van der Waals surface area contributed by atoms with Crippen molar-refractivity contribution in [3.05, 3.63) is 23.0 Å². The molecule has 0 aromatic carbocycles. The number of likely N-dealkylation sites (tertiary alicyclic amines) is 1. The smallest absolute Gasteiger partial charge is 0.242 e. The van der Waals surface area contributed by atoms with E-state index >= 15 is 0 Å². The van der Waals surface area contributed by atoms with Crippen molar-refractivity contribution >= 4 is 28.1 Å². The summed E-state index contributed by atoms with van der Waals surface area (Å²) >= 11 is 1.58. The third-order valence-electron chi connectivity index (χ3n) is 3.84. The van der Waals surface area contributed by atoms with Gasteiger partial charge in [0.15, 0.2) is 4.96 Å². The molecule has 0 radical (unpaired) electrons. The van der Waals surface area contributed by atoms with E-state index in [9.17, 15) is 9.59 Å². The molecule has 6 nitrogen and oxygen atoms in total. The van der Waals surface area contributed by atoms with E-state index in [4.69, 9.17) is 0 Å². The second-order valence-electron chi connectivity index (χ2n) is 5.35. The largest absolute Gasteiger partial charge is 0.349 e. The first-order valence-corrected chi connectivity index (χ1v) is 7.93. The molecule has 1 N–H and O–H groups in total. The van der Waals surface area contributed by atoms with Crippen molar-refractivity contribution < 1.29 is 9.59 Å². The van der Waals surface area contributed by atoms with Crippen LogP contribution < -0.4 is 5.32 Å². The summed E-state index contributed by atoms with van der Waals surface area (Å²) in [5, 5.41) is 4.91. The zero-order chi connectivity index (χ0) is 15.0. The second-order valence-corrected chi connectivity index (χ2v) is 6.18. The number of aryl methyl sites for hydroxylation is 1. The maximum absolute atomic E-state index is 12.1. The Kier molecular flexibility index (Phi) is 3.67. The fourth-order valence-electron chi connectivity index (χ4n) is 2.57. The number of aromatic nitrogens is 2. The molecule has 0 spiro atoms. The summed E-state index contributed by atoms with van der Waals surface area (Å²) in [7, 11) is 0. The number of imidazole rings is 1. The zero-order valence-electron chi connectivity index (χ0n) is 12.1. The highest BCUT2D eigenvalue weighted by molar-refractivity contribution is 7.15. The Balaban J connectivity index is 1.61. The van der Waals surface area contributed by atoms with E-state index in [1.54, 1.807) is 23.2 Å². The number of nitrogens with one attached hydrogen (secondary N) is 1. The van der Waals surface area contributed by atoms with Gasteiger partial charge in [-0.05, 0) is 20.3 Å². The Morgan fingerprint density at radius 3 is 3.05 bits per heavy atom. The van der Waals surface area contributed by atoms with Crippen LogP contribution in [-0.4, -0.2) is 38.7 Å². The molecule has 0 saturated carbocycles. The van der Waals surface area contributed by atoms with Crippen LogP contribution in [0.3, 0.4) is 0 Å². The summed E-state index contributed by atoms with van der Waals surface area (Å²) in [5.74, 6) is -0.0610. The molecule has 2 aromatic heterocycles. The second kappa shape index (κ2) is 5.48. The summed E-state index contributed by atoms with van der Waals surface area (Å²) in [6, 6.07) is -0.412. The highest BCUT2D eigenvalue weighted by Gasteiger charge is 2.29. The molecule has 2 aromatic rings. The molecule has 1 aliphatic rings. The van der Waals surface area contributed by atoms with Gasteiger partial charge in [-0.25, -0.2) is 4.98 Å². The van der Waals surface area contributed by atoms with Gasteiger partial charge < -0.3 is 10.2 Å². The van der Waals surface area contributed by atoms with Crippen molar-refractivity contribution in [1.82, 2.24) is 19.6 Å². The lowest BCUT2D eigenvalue weighted by atomic mass is 10.2. The molecule has 0 unspecified atom stereocenters. The number of thiazole rings is 1. The van der Waals surface area contributed by atoms with E-state index in [0.29, 0.717) is 19.5 Å². The van der Waals surface area contributed by atoms with Crippen LogP contribution in [0.1, 0.15) is 31.2 Å². The lowest BCUT2D eigenvalue weighted by Gasteiger charge is -2.23. The molecule has 112 valence electrons. The quantitative estimate of drug-likeness (QED) is 0.926. The van der Waals surface area contributed by atoms with Crippen molar-refractivity contribution in [2.75, 3.05) is 6.54 Å². The van der Waals surface area contributed by atoms with E-state index in [-0.39, 0.29) is 11.8 Å². The van der Waals surface area contributed by atoms with Crippen LogP contribution >= 0.6 is 11.3 Å². The molecule has 21 heavy (non-hydrogen) atoms. The van der Waals surface area contributed by atoms with Crippen molar-refractivity contribution in [2.45, 2.75) is 39.3 Å². The highest BCUT2D eigenvalue weighted by atomic mass is 32.1. The average molecular weight is 306 g/mol. The molecular formula is C14H18N4O2S. The number of amides is 2. The molecule has 3 rings (SSSR count). The van der Waals surface area contributed by atoms with E-state index in [1.165, 1.54) is 0 Å². The molecular weight excluding hydrogens is 288 g/mol. The third-order valence-corrected chi connectivity index (χ3v) is 4.80. The van der Waals surface area contributed by atoms with Crippen molar-refractivity contribution in [1.29, 1.82) is 0 Å². The summed E-state index contributed by atoms with van der Waals surface area (Å²) in [6.07, 6.45) is 3.33. The van der Waals surface area contributed by atoms with Gasteiger partial charge in [0.05, 0.1) is 12.2 Å². The fourth-order valence-corrected chi connectivity index (χ4v) is 3.44. The molecule has 1 fully saturated rings. The van der Waals surface area contributed by atoms with Gasteiger partial charge in [-0.15, -0.1) is 11.3 Å². The van der Waals surface area contributed by atoms with Gasteiger partial charge in [-0.1, -0.05) is 0 Å². The Labute approximate surface area is 126 Å². The van der Waals surface area contributed by atoms with Gasteiger partial charge >= 0.3 is 0 Å². The SMILES string of the molecule is Cc1csc2nc(CNC(=O)[C@H](C)N3CCCC3=O)cn12. The van der Waals surface area contributed by atoms with E-state index in [1.807, 2.05) is 22.9 Å². The molecule has 3 heterocycles. The Morgan fingerprint density at radius 1 is 1.57 bits per heavy atom. The van der Waals surface area contributed by atoms with Crippen LogP contribution in [0.2, 0.25) is 0 Å². The normalized spacial score (nSPS) is 16.7. The number of hydrogen-bond acceptors (Lipinski definition) is 4. The number of carbonyl (C=O) groups is 2. The molecule has 2 amide bonds. The van der Waals surface area contributed by atoms with Gasteiger partial charge in [0.25, 0.3) is 0 Å². The van der Waals surface area contributed by atoms with Crippen LogP contribution in [-0.2, 0) is 16.1 Å². The number of carbonyl (C=O) groups excluding carboxylic acids is 2. The summed E-state index contributed by atoms with van der Waals surface area (Å²) in [5.41, 5.74) is 1.97. The van der Waals surface area contributed by atoms with Gasteiger partial charge in [0, 0.05) is 30.2 Å². The summed E-state index contributed by atoms with van der Waals surface area (Å²) in [4.78, 5) is 30.8. The molecule has 0 aliphatic carbocycles. The Morgan fingerprint density at radius 2 is 2.38 bits per heavy atom. The molecule has 1 saturated heterocycles. The van der Waals surface area contributed by atoms with Crippen molar-refractivity contribution in [2.24, 2.45) is 0 Å². The first kappa shape index (κ1) is 14.1. The topological polar surface area (TPSA) is 66.7 Å². The van der Waals surface area contributed by atoms with Crippen LogP contribution in [0.25, 0.3) is 4.96 Å². The number of nitrogens with zero attached hydrogens (tertiary/aromatic N) is 3. The minimum absolute atomic E-state index is 0.0655. The first-order valence-electron chi connectivity index (χ1n) is 7.05. The minimum atomic E-state index is -0.412. The standard InChI is InChI=1S/C14H18N4O2S/c1-9-8-21-14-16-11(7-18(9)14)6-15-13(20)10(2)17-5-3-4-12(17)19/h7-8,10H,3-6H2,1-2H3,(H,15,20)/t10-/m0/s1. The number of hydrogen-bond donors (Lipinski definition) is 1. The van der Waals surface area contributed by atoms with Crippen LogP contribution in [0.15, 0.2) is 11.6 Å². The Bertz CT molecular complexity index is 690. The van der Waals surface area contributed by atoms with Crippen LogP contribution in [0.4, 0.5) is 0 Å². The van der Waals surface area contributed by atoms with E-state index in [0.717, 1.165) is 22.8 Å². The Hall–Kier alpha value is -1.89. The maximum atomic E-state index is 12.1. The van der Waals surface area contributed by atoms with Crippen LogP contribution in [0, 0.1) is 6.92 Å². The molecule has 0 bridgehead atoms. The maximum Gasteiger partial charge on any atom is 0.242 e. The fraction of sp³-hybridized carbons (Fsp3) is 0.500. The minimum Gasteiger partial charge on any atom is -0.349 e. The lowest BCUT2D eigenvalue weighted by molar-refractivity contribution is -0.136. The van der Waals surface area contributed by atoms with Gasteiger partial charge in [0.2, 0.25) is 11.8 Å². The van der Waals surface area contributed by atoms with Gasteiger partial charge in [0.1, 0.15) is 6.04 Å². The average Bonchev–Trinajstić information content (AvgIpc) is 3.14. The molecule has 1 atom stereocenters. The van der Waals surface area contributed by atoms with E-state index in [2.05, 4.69) is 10.3 Å². The predicted molar refractivity (Wildman–Crippen MR) is 80.1 cm³/mol. The zero-order valence-corrected chi connectivity index (χ0v) is 12.9. The first-order chi connectivity index (χ1) is 10.1. The van der Waals surface area contributed by atoms with Crippen LogP contribution in [0.5, 0.6) is 0 Å². The number of rotatable bonds is 4. The molecule has 1 aliphatic heterocycles. The van der Waals surface area contributed by atoms with Gasteiger partial charge in [-0.3, -0.25) is 14.0 Å². The van der Waals surface area contributed by atoms with Crippen molar-refractivity contribution in [3.8, 4) is 0 Å². The summed E-state index contributed by atoms with van der Waals surface area (Å²) in [6.45, 7) is 4.86. The van der Waals surface area contributed by atoms with E-state index < -0.39 is 6.04 Å². The monoisotopic (exact) mass is 306 g/mol. The highest BCUT2D eigenvalue weighted by Crippen LogP contribution is 2.16. The third kappa shape index (κ3) is 2.65. The van der Waals surface area contributed by atoms with Gasteiger partial charge in [-0.2, -0.15) is 0 Å². The van der Waals surface area contributed by atoms with Crippen molar-refractivity contribution in [3.63, 3.8) is 0 Å². The number of fused-ring (bicyclic) bond motifs is 1. The predicted octanol–water partition coefficient (Wildman–Crippen LogP) is 1.33.